The van der Waals surface area contributed by atoms with Crippen molar-refractivity contribution in [3.63, 3.8) is 0 Å². The highest BCUT2D eigenvalue weighted by Gasteiger charge is 2.69. The highest BCUT2D eigenvalue weighted by molar-refractivity contribution is 5.38. The van der Waals surface area contributed by atoms with Gasteiger partial charge in [0, 0.05) is 6.42 Å². The van der Waals surface area contributed by atoms with E-state index in [0.29, 0.717) is 12.0 Å². The molecule has 0 radical (unpaired) electrons. The molecule has 9 heteroatoms. The van der Waals surface area contributed by atoms with E-state index >= 15 is 0 Å². The molecule has 3 rings (SSSR count). The van der Waals surface area contributed by atoms with Gasteiger partial charge in [0.2, 0.25) is 0 Å². The first kappa shape index (κ1) is 29.0. The van der Waals surface area contributed by atoms with E-state index in [1.54, 1.807) is 0 Å². The molecule has 3 aliphatic carbocycles. The standard InChI is InChI=1S/C27H36F6O3/c1-16(6-4-13-25(36,26(28,29)30)27(31,32)33)21-10-11-22-18(7-5-12-24(21,22)3)8-9-19-14-20(34)15-23(35)17(19)2/h4,8-9,13,16,20-23,34-36H,2,5-7,10-12,14-15H2,1,3H3/b13-4+,18-8+,19-9+/t16-,20-,21-,22+,23+,24-/m1/s1. The normalized spacial score (nSPS) is 35.6. The Hall–Kier alpha value is -1.58. The highest BCUT2D eigenvalue weighted by Crippen LogP contribution is 2.60. The SMILES string of the molecule is C=C1/C(=C/C=C2\CCC[C@]3(C)[C@@H]([C@H](C)C/C=C/C(O)(C(F)(F)F)C(F)(F)F)CC[C@@H]23)C[C@@H](O)C[C@@H]1O. The molecule has 0 amide bonds. The number of allylic oxidation sites excluding steroid dienone is 4. The lowest BCUT2D eigenvalue weighted by Gasteiger charge is -2.44. The fraction of sp³-hybridized carbons (Fsp3) is 0.704. The molecule has 3 aliphatic rings. The lowest BCUT2D eigenvalue weighted by molar-refractivity contribution is -0.347. The zero-order valence-electron chi connectivity index (χ0n) is 20.7. The molecule has 0 aromatic carbocycles. The molecule has 0 heterocycles. The van der Waals surface area contributed by atoms with Crippen molar-refractivity contribution in [3.05, 3.63) is 47.6 Å². The van der Waals surface area contributed by atoms with Crippen LogP contribution in [0.1, 0.15) is 65.2 Å². The van der Waals surface area contributed by atoms with E-state index in [9.17, 15) is 41.7 Å². The molecule has 3 N–H and O–H groups in total. The van der Waals surface area contributed by atoms with Crippen LogP contribution in [-0.4, -0.2) is 45.5 Å². The van der Waals surface area contributed by atoms with E-state index in [1.807, 2.05) is 19.1 Å². The largest absolute Gasteiger partial charge is 0.429 e. The van der Waals surface area contributed by atoms with Crippen LogP contribution in [0, 0.1) is 23.2 Å². The molecule has 0 aromatic heterocycles. The van der Waals surface area contributed by atoms with Gasteiger partial charge in [0.1, 0.15) is 0 Å². The van der Waals surface area contributed by atoms with Crippen molar-refractivity contribution in [1.82, 2.24) is 0 Å². The maximum atomic E-state index is 13.0. The second-order valence-corrected chi connectivity index (χ2v) is 11.0. The Kier molecular flexibility index (Phi) is 8.29. The van der Waals surface area contributed by atoms with E-state index in [4.69, 9.17) is 0 Å². The summed E-state index contributed by atoms with van der Waals surface area (Å²) in [4.78, 5) is 0. The Labute approximate surface area is 208 Å². The van der Waals surface area contributed by atoms with Gasteiger partial charge in [-0.3, -0.25) is 0 Å². The van der Waals surface area contributed by atoms with Gasteiger partial charge in [0.05, 0.1) is 12.2 Å². The Morgan fingerprint density at radius 2 is 1.72 bits per heavy atom. The van der Waals surface area contributed by atoms with Crippen LogP contribution in [0.15, 0.2) is 47.6 Å². The molecule has 0 spiro atoms. The third-order valence-corrected chi connectivity index (χ3v) is 8.72. The second kappa shape index (κ2) is 10.3. The van der Waals surface area contributed by atoms with Crippen molar-refractivity contribution in [2.45, 2.75) is 95.4 Å². The van der Waals surface area contributed by atoms with Crippen molar-refractivity contribution in [1.29, 1.82) is 0 Å². The third kappa shape index (κ3) is 5.48. The molecule has 3 nitrogen and oxygen atoms in total. The zero-order valence-corrected chi connectivity index (χ0v) is 20.7. The Bertz CT molecular complexity index is 901. The monoisotopic (exact) mass is 522 g/mol. The number of halogens is 6. The second-order valence-electron chi connectivity index (χ2n) is 11.0. The predicted octanol–water partition coefficient (Wildman–Crippen LogP) is 6.57. The molecule has 3 fully saturated rings. The fourth-order valence-electron chi connectivity index (χ4n) is 6.65. The fourth-order valence-corrected chi connectivity index (χ4v) is 6.65. The summed E-state index contributed by atoms with van der Waals surface area (Å²) in [6.45, 7) is 7.94. The summed E-state index contributed by atoms with van der Waals surface area (Å²) in [7, 11) is 0. The third-order valence-electron chi connectivity index (χ3n) is 8.72. The number of fused-ring (bicyclic) bond motifs is 1. The molecular weight excluding hydrogens is 486 g/mol. The minimum absolute atomic E-state index is 0.000145. The molecule has 0 aromatic rings. The van der Waals surface area contributed by atoms with E-state index in [-0.39, 0.29) is 42.1 Å². The molecule has 0 unspecified atom stereocenters. The van der Waals surface area contributed by atoms with Crippen LogP contribution in [0.3, 0.4) is 0 Å². The number of hydrogen-bond acceptors (Lipinski definition) is 3. The minimum atomic E-state index is -5.86. The summed E-state index contributed by atoms with van der Waals surface area (Å²) < 4.78 is 77.8. The van der Waals surface area contributed by atoms with Gasteiger partial charge in [-0.05, 0) is 85.3 Å². The van der Waals surface area contributed by atoms with Gasteiger partial charge in [-0.25, -0.2) is 0 Å². The van der Waals surface area contributed by atoms with Crippen molar-refractivity contribution >= 4 is 0 Å². The molecule has 6 atom stereocenters. The molecule has 0 bridgehead atoms. The topological polar surface area (TPSA) is 60.7 Å². The number of rotatable bonds is 5. The Balaban J connectivity index is 1.75. The van der Waals surface area contributed by atoms with Gasteiger partial charge in [-0.1, -0.05) is 44.2 Å². The maximum absolute atomic E-state index is 13.0. The van der Waals surface area contributed by atoms with E-state index in [0.717, 1.165) is 43.8 Å². The summed E-state index contributed by atoms with van der Waals surface area (Å²) in [5, 5.41) is 29.4. The van der Waals surface area contributed by atoms with E-state index in [1.165, 1.54) is 5.57 Å². The average molecular weight is 523 g/mol. The van der Waals surface area contributed by atoms with Crippen LogP contribution >= 0.6 is 0 Å². The van der Waals surface area contributed by atoms with Gasteiger partial charge >= 0.3 is 12.4 Å². The lowest BCUT2D eigenvalue weighted by atomic mass is 9.61. The molecule has 36 heavy (non-hydrogen) atoms. The summed E-state index contributed by atoms with van der Waals surface area (Å²) >= 11 is 0. The van der Waals surface area contributed by atoms with Crippen molar-refractivity contribution < 1.29 is 41.7 Å². The van der Waals surface area contributed by atoms with Crippen LogP contribution in [0.4, 0.5) is 26.3 Å². The van der Waals surface area contributed by atoms with Crippen LogP contribution < -0.4 is 0 Å². The number of hydrogen-bond donors (Lipinski definition) is 3. The van der Waals surface area contributed by atoms with Gasteiger partial charge in [0.25, 0.3) is 5.60 Å². The quantitative estimate of drug-likeness (QED) is 0.283. The smallest absolute Gasteiger partial charge is 0.393 e. The average Bonchev–Trinajstić information content (AvgIpc) is 3.11. The summed E-state index contributed by atoms with van der Waals surface area (Å²) in [5.41, 5.74) is -2.33. The number of aliphatic hydroxyl groups excluding tert-OH is 2. The first-order valence-electron chi connectivity index (χ1n) is 12.5. The van der Waals surface area contributed by atoms with Gasteiger partial charge < -0.3 is 15.3 Å². The van der Waals surface area contributed by atoms with Crippen LogP contribution in [0.2, 0.25) is 0 Å². The van der Waals surface area contributed by atoms with Crippen molar-refractivity contribution in [2.75, 3.05) is 0 Å². The highest BCUT2D eigenvalue weighted by atomic mass is 19.4. The number of aliphatic hydroxyl groups is 3. The van der Waals surface area contributed by atoms with Gasteiger partial charge in [-0.2, -0.15) is 26.3 Å². The molecule has 0 aliphatic heterocycles. The van der Waals surface area contributed by atoms with Crippen LogP contribution in [-0.2, 0) is 0 Å². The van der Waals surface area contributed by atoms with Crippen LogP contribution in [0.25, 0.3) is 0 Å². The predicted molar refractivity (Wildman–Crippen MR) is 125 cm³/mol. The molecule has 3 saturated carbocycles. The van der Waals surface area contributed by atoms with Gasteiger partial charge in [0.15, 0.2) is 0 Å². The summed E-state index contributed by atoms with van der Waals surface area (Å²) in [6.07, 6.45) is -3.35. The Morgan fingerprint density at radius 3 is 2.33 bits per heavy atom. The van der Waals surface area contributed by atoms with Crippen LogP contribution in [0.5, 0.6) is 0 Å². The minimum Gasteiger partial charge on any atom is -0.393 e. The maximum Gasteiger partial charge on any atom is 0.429 e. The summed E-state index contributed by atoms with van der Waals surface area (Å²) in [5.74, 6) is 0.193. The first-order valence-corrected chi connectivity index (χ1v) is 12.5. The molecular formula is C27H36F6O3. The molecule has 204 valence electrons. The summed E-state index contributed by atoms with van der Waals surface area (Å²) in [6, 6.07) is 0. The first-order chi connectivity index (χ1) is 16.5. The van der Waals surface area contributed by atoms with E-state index in [2.05, 4.69) is 13.5 Å². The Morgan fingerprint density at radius 1 is 1.08 bits per heavy atom. The lowest BCUT2D eigenvalue weighted by Crippen LogP contribution is -2.55. The van der Waals surface area contributed by atoms with Gasteiger partial charge in [-0.15, -0.1) is 0 Å². The van der Waals surface area contributed by atoms with E-state index < -0.39 is 30.2 Å². The molecule has 0 saturated heterocycles. The number of alkyl halides is 6. The van der Waals surface area contributed by atoms with Crippen molar-refractivity contribution in [2.24, 2.45) is 23.2 Å². The van der Waals surface area contributed by atoms with Crippen molar-refractivity contribution in [3.8, 4) is 0 Å². The zero-order chi connectivity index (χ0) is 27.1.